The Morgan fingerprint density at radius 2 is 2.06 bits per heavy atom. The number of piperazine rings is 1. The summed E-state index contributed by atoms with van der Waals surface area (Å²) < 4.78 is 44.6. The van der Waals surface area contributed by atoms with Gasteiger partial charge in [-0.15, -0.1) is 11.3 Å². The molecule has 0 atom stereocenters. The van der Waals surface area contributed by atoms with Crippen molar-refractivity contribution in [3.8, 4) is 11.9 Å². The molecule has 3 aromatic heterocycles. The number of nitrogens with one attached hydrogen (secondary N) is 2. The molecular weight excluding hydrogens is 443 g/mol. The maximum absolute atomic E-state index is 13.0. The summed E-state index contributed by atoms with van der Waals surface area (Å²) in [5, 5.41) is 16.2. The van der Waals surface area contributed by atoms with Gasteiger partial charge in [0.25, 0.3) is 0 Å². The molecule has 2 N–H and O–H groups in total. The summed E-state index contributed by atoms with van der Waals surface area (Å²) in [7, 11) is 0. The molecule has 0 aromatic carbocycles. The summed E-state index contributed by atoms with van der Waals surface area (Å²) in [6.45, 7) is 1.97. The summed E-state index contributed by atoms with van der Waals surface area (Å²) in [4.78, 5) is 17.3. The molecule has 12 heteroatoms. The molecule has 0 amide bonds. The number of nitrogens with zero attached hydrogens (tertiary/aromatic N) is 5. The first kappa shape index (κ1) is 21.9. The van der Waals surface area contributed by atoms with E-state index in [0.29, 0.717) is 21.4 Å². The van der Waals surface area contributed by atoms with Gasteiger partial charge in [0.15, 0.2) is 0 Å². The average Bonchev–Trinajstić information content (AvgIpc) is 3.15. The minimum absolute atomic E-state index is 0.0769. The van der Waals surface area contributed by atoms with Crippen LogP contribution in [0.3, 0.4) is 0 Å². The molecule has 0 spiro atoms. The van der Waals surface area contributed by atoms with Crippen molar-refractivity contribution in [2.24, 2.45) is 0 Å². The fourth-order valence-electron chi connectivity index (χ4n) is 3.38. The summed E-state index contributed by atoms with van der Waals surface area (Å²) in [6, 6.07) is 7.25. The van der Waals surface area contributed by atoms with E-state index in [4.69, 9.17) is 15.6 Å². The Balaban J connectivity index is 1.67. The number of anilines is 1. The SMILES string of the molecule is CCCc1cc2c(N3CCN(C(=N)C(F)(F)F)C(=N)C3)nc(Oc3ccccn3)nc2s1. The predicted molar refractivity (Wildman–Crippen MR) is 116 cm³/mol. The van der Waals surface area contributed by atoms with Crippen LogP contribution in [-0.4, -0.2) is 57.3 Å². The molecule has 168 valence electrons. The lowest BCUT2D eigenvalue weighted by Gasteiger charge is -2.37. The number of ether oxygens (including phenoxy) is 1. The molecule has 1 saturated heterocycles. The van der Waals surface area contributed by atoms with E-state index in [1.54, 1.807) is 29.3 Å². The number of thiophene rings is 1. The Morgan fingerprint density at radius 3 is 2.72 bits per heavy atom. The van der Waals surface area contributed by atoms with E-state index >= 15 is 0 Å². The number of hydrogen-bond acceptors (Lipinski definition) is 8. The molecule has 8 nitrogen and oxygen atoms in total. The monoisotopic (exact) mass is 463 g/mol. The molecule has 0 unspecified atom stereocenters. The van der Waals surface area contributed by atoms with Gasteiger partial charge in [0, 0.05) is 30.2 Å². The third-order valence-electron chi connectivity index (χ3n) is 4.83. The van der Waals surface area contributed by atoms with E-state index < -0.39 is 12.0 Å². The zero-order valence-electron chi connectivity index (χ0n) is 17.1. The summed E-state index contributed by atoms with van der Waals surface area (Å²) in [5.74, 6) is -1.04. The maximum Gasteiger partial charge on any atom is 0.449 e. The smallest absolute Gasteiger partial charge is 0.405 e. The van der Waals surface area contributed by atoms with Crippen LogP contribution in [0.1, 0.15) is 18.2 Å². The number of halogens is 3. The number of alkyl halides is 3. The zero-order valence-corrected chi connectivity index (χ0v) is 17.9. The Hall–Kier alpha value is -3.28. The van der Waals surface area contributed by atoms with Gasteiger partial charge in [0.2, 0.25) is 11.7 Å². The molecule has 0 bridgehead atoms. The number of aryl methyl sites for hydroxylation is 1. The third-order valence-corrected chi connectivity index (χ3v) is 5.92. The van der Waals surface area contributed by atoms with Gasteiger partial charge in [-0.05, 0) is 18.6 Å². The number of amidine groups is 2. The molecule has 0 radical (unpaired) electrons. The number of aromatic nitrogens is 3. The van der Waals surface area contributed by atoms with Crippen LogP contribution in [0.2, 0.25) is 0 Å². The van der Waals surface area contributed by atoms with Crippen molar-refractivity contribution >= 4 is 39.0 Å². The highest BCUT2D eigenvalue weighted by Crippen LogP contribution is 2.35. The molecule has 1 aliphatic rings. The fraction of sp³-hybridized carbons (Fsp3) is 0.350. The van der Waals surface area contributed by atoms with E-state index in [9.17, 15) is 13.2 Å². The van der Waals surface area contributed by atoms with Crippen molar-refractivity contribution in [1.29, 1.82) is 10.8 Å². The normalized spacial score (nSPS) is 14.8. The van der Waals surface area contributed by atoms with Gasteiger partial charge < -0.3 is 14.5 Å². The topological polar surface area (TPSA) is 102 Å². The van der Waals surface area contributed by atoms with Gasteiger partial charge in [-0.25, -0.2) is 4.98 Å². The number of hydrogen-bond donors (Lipinski definition) is 2. The maximum atomic E-state index is 13.0. The first-order valence-corrected chi connectivity index (χ1v) is 10.7. The van der Waals surface area contributed by atoms with Crippen molar-refractivity contribution in [1.82, 2.24) is 19.9 Å². The molecule has 4 heterocycles. The Morgan fingerprint density at radius 1 is 1.25 bits per heavy atom. The van der Waals surface area contributed by atoms with Crippen LogP contribution < -0.4 is 9.64 Å². The molecule has 1 aliphatic heterocycles. The van der Waals surface area contributed by atoms with Gasteiger partial charge in [0.05, 0.1) is 11.9 Å². The van der Waals surface area contributed by atoms with Gasteiger partial charge in [-0.2, -0.15) is 23.1 Å². The lowest BCUT2D eigenvalue weighted by molar-refractivity contribution is -0.0671. The molecule has 1 fully saturated rings. The van der Waals surface area contributed by atoms with Crippen LogP contribution in [0, 0.1) is 10.8 Å². The second-order valence-electron chi connectivity index (χ2n) is 7.15. The van der Waals surface area contributed by atoms with Crippen molar-refractivity contribution in [2.75, 3.05) is 24.5 Å². The molecule has 32 heavy (non-hydrogen) atoms. The Labute approximate surface area is 185 Å². The van der Waals surface area contributed by atoms with E-state index in [0.717, 1.165) is 23.1 Å². The van der Waals surface area contributed by atoms with Gasteiger partial charge >= 0.3 is 12.2 Å². The summed E-state index contributed by atoms with van der Waals surface area (Å²) in [5.41, 5.74) is 0. The number of fused-ring (bicyclic) bond motifs is 1. The summed E-state index contributed by atoms with van der Waals surface area (Å²) >= 11 is 1.51. The standard InChI is InChI=1S/C20H20F3N7OS/c1-2-5-12-10-13-16(29-8-9-30(14(24)11-29)18(25)20(21,22)23)27-19(28-17(13)32-12)31-15-6-3-4-7-26-15/h3-4,6-7,10,24-25H,2,5,8-9,11H2,1H3. The van der Waals surface area contributed by atoms with E-state index in [1.807, 2.05) is 6.07 Å². The molecular formula is C20H20F3N7OS. The number of rotatable bonds is 5. The van der Waals surface area contributed by atoms with Crippen LogP contribution in [0.15, 0.2) is 30.5 Å². The van der Waals surface area contributed by atoms with Crippen molar-refractivity contribution in [2.45, 2.75) is 25.9 Å². The lowest BCUT2D eigenvalue weighted by atomic mass is 10.2. The second-order valence-corrected chi connectivity index (χ2v) is 8.26. The highest BCUT2D eigenvalue weighted by atomic mass is 32.1. The molecule has 0 aliphatic carbocycles. The predicted octanol–water partition coefficient (Wildman–Crippen LogP) is 4.47. The average molecular weight is 463 g/mol. The highest BCUT2D eigenvalue weighted by Gasteiger charge is 2.41. The molecule has 3 aromatic rings. The fourth-order valence-corrected chi connectivity index (χ4v) is 4.49. The van der Waals surface area contributed by atoms with Crippen molar-refractivity contribution < 1.29 is 17.9 Å². The largest absolute Gasteiger partial charge is 0.449 e. The van der Waals surface area contributed by atoms with Gasteiger partial charge in [-0.3, -0.25) is 10.8 Å². The first-order chi connectivity index (χ1) is 15.3. The Kier molecular flexibility index (Phi) is 5.96. The van der Waals surface area contributed by atoms with Crippen LogP contribution in [0.5, 0.6) is 11.9 Å². The third kappa shape index (κ3) is 4.49. The number of pyridine rings is 1. The van der Waals surface area contributed by atoms with Crippen LogP contribution >= 0.6 is 11.3 Å². The van der Waals surface area contributed by atoms with Crippen molar-refractivity contribution in [3.63, 3.8) is 0 Å². The van der Waals surface area contributed by atoms with E-state index in [2.05, 4.69) is 21.9 Å². The molecule has 4 rings (SSSR count). The lowest BCUT2D eigenvalue weighted by Crippen LogP contribution is -2.55. The van der Waals surface area contributed by atoms with Gasteiger partial charge in [0.1, 0.15) is 16.5 Å². The second kappa shape index (κ2) is 8.69. The minimum atomic E-state index is -4.80. The van der Waals surface area contributed by atoms with E-state index in [-0.39, 0.29) is 31.5 Å². The first-order valence-electron chi connectivity index (χ1n) is 9.91. The van der Waals surface area contributed by atoms with Crippen LogP contribution in [0.25, 0.3) is 10.2 Å². The Bertz CT molecular complexity index is 1150. The van der Waals surface area contributed by atoms with Crippen LogP contribution in [-0.2, 0) is 6.42 Å². The zero-order chi connectivity index (χ0) is 22.9. The van der Waals surface area contributed by atoms with Gasteiger partial charge in [-0.1, -0.05) is 19.4 Å². The highest BCUT2D eigenvalue weighted by molar-refractivity contribution is 7.18. The quantitative estimate of drug-likeness (QED) is 0.428. The summed E-state index contributed by atoms with van der Waals surface area (Å²) in [6.07, 6.45) is -1.41. The molecule has 0 saturated carbocycles. The minimum Gasteiger partial charge on any atom is -0.405 e. The van der Waals surface area contributed by atoms with E-state index in [1.165, 1.54) is 11.3 Å². The van der Waals surface area contributed by atoms with Crippen molar-refractivity contribution in [3.05, 3.63) is 35.3 Å². The van der Waals surface area contributed by atoms with Crippen LogP contribution in [0.4, 0.5) is 19.0 Å².